The lowest BCUT2D eigenvalue weighted by atomic mass is 10.0. The number of rotatable bonds is 6. The molecular weight excluding hydrogens is 527 g/mol. The molecule has 6 rings (SSSR count). The standard InChI is InChI=1S/C29H27FN8O3/c1-15-16(2)34-23-5-4-20(11-21(15)23)35-29(41)25-10-19(30)13-37(25)26(39)14-38-24-6-3-17(18-7-8-32-33-12-18)9-22(24)27(36-38)28(31)40/h3-9,11-12,19,25,34H,10,13-14H2,1-2H3,(H2,31,40)(H,35,41). The molecule has 1 aliphatic heterocycles. The maximum atomic E-state index is 14.6. The number of benzene rings is 2. The minimum absolute atomic E-state index is 0.00132. The highest BCUT2D eigenvalue weighted by molar-refractivity contribution is 6.05. The van der Waals surface area contributed by atoms with Crippen LogP contribution in [0.2, 0.25) is 0 Å². The van der Waals surface area contributed by atoms with E-state index in [2.05, 4.69) is 25.6 Å². The van der Waals surface area contributed by atoms with Crippen LogP contribution in [-0.2, 0) is 16.1 Å². The minimum atomic E-state index is -1.35. The topological polar surface area (TPSA) is 152 Å². The molecular formula is C29H27FN8O3. The fourth-order valence-electron chi connectivity index (χ4n) is 5.42. The number of aryl methyl sites for hydroxylation is 2. The third kappa shape index (κ3) is 4.77. The number of nitrogens with zero attached hydrogens (tertiary/aromatic N) is 5. The third-order valence-corrected chi connectivity index (χ3v) is 7.64. The van der Waals surface area contributed by atoms with E-state index < -0.39 is 29.9 Å². The lowest BCUT2D eigenvalue weighted by molar-refractivity contribution is -0.137. The number of nitrogens with one attached hydrogen (secondary N) is 2. The van der Waals surface area contributed by atoms with Gasteiger partial charge in [-0.2, -0.15) is 15.3 Å². The van der Waals surface area contributed by atoms with Crippen molar-refractivity contribution in [1.82, 2.24) is 29.9 Å². The minimum Gasteiger partial charge on any atom is -0.364 e. The number of primary amides is 1. The average molecular weight is 555 g/mol. The van der Waals surface area contributed by atoms with E-state index in [1.165, 1.54) is 9.58 Å². The van der Waals surface area contributed by atoms with Gasteiger partial charge < -0.3 is 20.9 Å². The molecule has 0 bridgehead atoms. The number of aromatic amines is 1. The summed E-state index contributed by atoms with van der Waals surface area (Å²) in [5.41, 5.74) is 11.3. The number of fused-ring (bicyclic) bond motifs is 2. The first kappa shape index (κ1) is 26.1. The van der Waals surface area contributed by atoms with Crippen molar-refractivity contribution in [3.63, 3.8) is 0 Å². The Labute approximate surface area is 233 Å². The normalized spacial score (nSPS) is 16.9. The van der Waals surface area contributed by atoms with E-state index in [1.807, 2.05) is 26.0 Å². The predicted octanol–water partition coefficient (Wildman–Crippen LogP) is 3.27. The molecule has 0 saturated carbocycles. The molecule has 12 heteroatoms. The molecule has 0 spiro atoms. The molecule has 2 aromatic carbocycles. The summed E-state index contributed by atoms with van der Waals surface area (Å²) in [4.78, 5) is 43.4. The van der Waals surface area contributed by atoms with Gasteiger partial charge in [-0.15, -0.1) is 0 Å². The molecule has 1 fully saturated rings. The summed E-state index contributed by atoms with van der Waals surface area (Å²) in [6, 6.07) is 11.6. The molecule has 4 N–H and O–H groups in total. The number of likely N-dealkylation sites (tertiary alicyclic amines) is 1. The molecule has 4 heterocycles. The Morgan fingerprint density at radius 1 is 1.07 bits per heavy atom. The molecule has 5 aromatic rings. The Bertz CT molecular complexity index is 1830. The third-order valence-electron chi connectivity index (χ3n) is 7.64. The first-order valence-electron chi connectivity index (χ1n) is 13.1. The van der Waals surface area contributed by atoms with Crippen molar-refractivity contribution in [2.24, 2.45) is 5.73 Å². The van der Waals surface area contributed by atoms with Gasteiger partial charge in [-0.1, -0.05) is 6.07 Å². The molecule has 1 saturated heterocycles. The predicted molar refractivity (Wildman–Crippen MR) is 151 cm³/mol. The average Bonchev–Trinajstić information content (AvgIpc) is 3.62. The number of aromatic nitrogens is 5. The van der Waals surface area contributed by atoms with Crippen LogP contribution in [0.15, 0.2) is 54.9 Å². The van der Waals surface area contributed by atoms with Gasteiger partial charge in [0, 0.05) is 39.7 Å². The van der Waals surface area contributed by atoms with Crippen LogP contribution in [0.5, 0.6) is 0 Å². The van der Waals surface area contributed by atoms with Crippen LogP contribution >= 0.6 is 0 Å². The van der Waals surface area contributed by atoms with Crippen LogP contribution in [0.25, 0.3) is 32.9 Å². The molecule has 0 aliphatic carbocycles. The summed E-state index contributed by atoms with van der Waals surface area (Å²) >= 11 is 0. The highest BCUT2D eigenvalue weighted by Crippen LogP contribution is 2.29. The van der Waals surface area contributed by atoms with Crippen molar-refractivity contribution in [3.05, 3.63) is 71.8 Å². The number of hydrogen-bond donors (Lipinski definition) is 3. The molecule has 2 unspecified atom stereocenters. The second-order valence-electron chi connectivity index (χ2n) is 10.3. The van der Waals surface area contributed by atoms with Gasteiger partial charge in [0.2, 0.25) is 11.8 Å². The Hall–Kier alpha value is -5.13. The smallest absolute Gasteiger partial charge is 0.269 e. The van der Waals surface area contributed by atoms with Crippen molar-refractivity contribution in [3.8, 4) is 11.1 Å². The molecule has 3 amide bonds. The van der Waals surface area contributed by atoms with E-state index in [9.17, 15) is 18.8 Å². The SMILES string of the molecule is Cc1[nH]c2ccc(NC(=O)C3CC(F)CN3C(=O)Cn3nc(C(N)=O)c4cc(-c5ccnnc5)ccc43)cc2c1C. The summed E-state index contributed by atoms with van der Waals surface area (Å²) in [5.74, 6) is -1.72. The summed E-state index contributed by atoms with van der Waals surface area (Å²) in [7, 11) is 0. The lowest BCUT2D eigenvalue weighted by Crippen LogP contribution is -2.44. The van der Waals surface area contributed by atoms with Crippen molar-refractivity contribution in [2.45, 2.75) is 39.0 Å². The van der Waals surface area contributed by atoms with E-state index in [0.29, 0.717) is 16.6 Å². The quantitative estimate of drug-likeness (QED) is 0.293. The lowest BCUT2D eigenvalue weighted by Gasteiger charge is -2.23. The van der Waals surface area contributed by atoms with Crippen molar-refractivity contribution < 1.29 is 18.8 Å². The number of amides is 3. The molecule has 3 aromatic heterocycles. The fraction of sp³-hybridized carbons (Fsp3) is 0.241. The van der Waals surface area contributed by atoms with E-state index in [0.717, 1.165) is 33.3 Å². The van der Waals surface area contributed by atoms with Gasteiger partial charge in [-0.05, 0) is 61.4 Å². The first-order chi connectivity index (χ1) is 19.7. The van der Waals surface area contributed by atoms with Crippen molar-refractivity contribution >= 4 is 45.2 Å². The number of carbonyl (C=O) groups excluding carboxylic acids is 3. The number of halogens is 1. The highest BCUT2D eigenvalue weighted by Gasteiger charge is 2.40. The van der Waals surface area contributed by atoms with Crippen molar-refractivity contribution in [2.75, 3.05) is 11.9 Å². The fourth-order valence-corrected chi connectivity index (χ4v) is 5.42. The van der Waals surface area contributed by atoms with Crippen LogP contribution < -0.4 is 11.1 Å². The van der Waals surface area contributed by atoms with Crippen LogP contribution in [-0.4, -0.2) is 66.3 Å². The molecule has 2 atom stereocenters. The van der Waals surface area contributed by atoms with E-state index in [1.54, 1.807) is 42.7 Å². The number of alkyl halides is 1. The van der Waals surface area contributed by atoms with Crippen LogP contribution in [0.3, 0.4) is 0 Å². The number of carbonyl (C=O) groups is 3. The van der Waals surface area contributed by atoms with Crippen LogP contribution in [0, 0.1) is 13.8 Å². The van der Waals surface area contributed by atoms with E-state index in [4.69, 9.17) is 5.73 Å². The van der Waals surface area contributed by atoms with Crippen LogP contribution in [0.1, 0.15) is 28.2 Å². The van der Waals surface area contributed by atoms with Gasteiger partial charge in [0.1, 0.15) is 18.8 Å². The highest BCUT2D eigenvalue weighted by atomic mass is 19.1. The van der Waals surface area contributed by atoms with E-state index in [-0.39, 0.29) is 25.2 Å². The van der Waals surface area contributed by atoms with E-state index >= 15 is 0 Å². The summed E-state index contributed by atoms with van der Waals surface area (Å²) in [5, 5.41) is 16.2. The zero-order chi connectivity index (χ0) is 28.8. The monoisotopic (exact) mass is 554 g/mol. The zero-order valence-electron chi connectivity index (χ0n) is 22.4. The number of H-pyrrole nitrogens is 1. The largest absolute Gasteiger partial charge is 0.364 e. The maximum absolute atomic E-state index is 14.6. The second kappa shape index (κ2) is 10.1. The van der Waals surface area contributed by atoms with Gasteiger partial charge in [-0.25, -0.2) is 4.39 Å². The maximum Gasteiger partial charge on any atom is 0.269 e. The first-order valence-corrected chi connectivity index (χ1v) is 13.1. The van der Waals surface area contributed by atoms with Gasteiger partial charge >= 0.3 is 0 Å². The summed E-state index contributed by atoms with van der Waals surface area (Å²) < 4.78 is 15.9. The van der Waals surface area contributed by atoms with Crippen LogP contribution in [0.4, 0.5) is 10.1 Å². The Kier molecular flexibility index (Phi) is 6.45. The molecule has 11 nitrogen and oxygen atoms in total. The Morgan fingerprint density at radius 2 is 1.90 bits per heavy atom. The van der Waals surface area contributed by atoms with Crippen molar-refractivity contribution in [1.29, 1.82) is 0 Å². The van der Waals surface area contributed by atoms with Gasteiger partial charge in [0.15, 0.2) is 5.69 Å². The molecule has 1 aliphatic rings. The number of anilines is 1. The Balaban J connectivity index is 1.25. The van der Waals surface area contributed by atoms with Gasteiger partial charge in [0.05, 0.1) is 24.5 Å². The second-order valence-corrected chi connectivity index (χ2v) is 10.3. The zero-order valence-corrected chi connectivity index (χ0v) is 22.4. The number of nitrogens with two attached hydrogens (primary N) is 1. The molecule has 0 radical (unpaired) electrons. The molecule has 208 valence electrons. The summed E-state index contributed by atoms with van der Waals surface area (Å²) in [6.45, 7) is 3.45. The number of hydrogen-bond acceptors (Lipinski definition) is 6. The molecule has 41 heavy (non-hydrogen) atoms. The van der Waals surface area contributed by atoms with Gasteiger partial charge in [0.25, 0.3) is 5.91 Å². The summed E-state index contributed by atoms with van der Waals surface area (Å²) in [6.07, 6.45) is 1.68. The Morgan fingerprint density at radius 3 is 2.66 bits per heavy atom. The van der Waals surface area contributed by atoms with Gasteiger partial charge in [-0.3, -0.25) is 19.1 Å².